The molecule has 0 unspecified atom stereocenters. The van der Waals surface area contributed by atoms with Gasteiger partial charge in [-0.1, -0.05) is 45.4 Å². The van der Waals surface area contributed by atoms with E-state index in [9.17, 15) is 9.59 Å². The second-order valence-corrected chi connectivity index (χ2v) is 5.00. The molecule has 2 atom stereocenters. The molecule has 1 rings (SSSR count). The maximum absolute atomic E-state index is 12.1. The van der Waals surface area contributed by atoms with Crippen molar-refractivity contribution in [2.75, 3.05) is 12.4 Å². The number of methoxy groups -OCH3 is 1. The molecule has 21 heavy (non-hydrogen) atoms. The molecule has 0 aliphatic heterocycles. The van der Waals surface area contributed by atoms with Gasteiger partial charge in [-0.3, -0.25) is 0 Å². The third kappa shape index (κ3) is 4.77. The van der Waals surface area contributed by atoms with Crippen molar-refractivity contribution in [1.29, 1.82) is 0 Å². The molecule has 5 nitrogen and oxygen atoms in total. The van der Waals surface area contributed by atoms with Crippen LogP contribution in [0.3, 0.4) is 0 Å². The Bertz CT molecular complexity index is 488. The second-order valence-electron chi connectivity index (χ2n) is 5.00. The average molecular weight is 292 g/mol. The van der Waals surface area contributed by atoms with Gasteiger partial charge in [0.2, 0.25) is 0 Å². The predicted molar refractivity (Wildman–Crippen MR) is 83.2 cm³/mol. The summed E-state index contributed by atoms with van der Waals surface area (Å²) in [6.45, 7) is 5.89. The number of anilines is 1. The average Bonchev–Trinajstić information content (AvgIpc) is 2.51. The number of aryl methyl sites for hydroxylation is 1. The quantitative estimate of drug-likeness (QED) is 0.792. The van der Waals surface area contributed by atoms with Crippen molar-refractivity contribution in [3.63, 3.8) is 0 Å². The molecule has 0 fully saturated rings. The van der Waals surface area contributed by atoms with Crippen molar-refractivity contribution in [1.82, 2.24) is 5.32 Å². The molecule has 116 valence electrons. The lowest BCUT2D eigenvalue weighted by Gasteiger charge is -2.22. The van der Waals surface area contributed by atoms with Gasteiger partial charge in [-0.15, -0.1) is 0 Å². The molecule has 2 N–H and O–H groups in total. The van der Waals surface area contributed by atoms with Crippen molar-refractivity contribution < 1.29 is 14.3 Å². The summed E-state index contributed by atoms with van der Waals surface area (Å²) in [5, 5.41) is 5.49. The lowest BCUT2D eigenvalue weighted by molar-refractivity contribution is -0.144. The van der Waals surface area contributed by atoms with Gasteiger partial charge in [-0.25, -0.2) is 9.59 Å². The number of ether oxygens (including phenoxy) is 1. The number of carbonyl (C=O) groups excluding carboxylic acids is 2. The van der Waals surface area contributed by atoms with Gasteiger partial charge in [0.15, 0.2) is 0 Å². The van der Waals surface area contributed by atoms with Gasteiger partial charge >= 0.3 is 12.0 Å². The van der Waals surface area contributed by atoms with Crippen LogP contribution >= 0.6 is 0 Å². The lowest BCUT2D eigenvalue weighted by Crippen LogP contribution is -2.47. The zero-order chi connectivity index (χ0) is 15.8. The lowest BCUT2D eigenvalue weighted by atomic mass is 9.99. The molecule has 0 radical (unpaired) electrons. The minimum absolute atomic E-state index is 0.00428. The number of rotatable bonds is 6. The van der Waals surface area contributed by atoms with Crippen LogP contribution in [-0.2, 0) is 16.0 Å². The zero-order valence-corrected chi connectivity index (χ0v) is 13.1. The van der Waals surface area contributed by atoms with E-state index in [-0.39, 0.29) is 5.92 Å². The fraction of sp³-hybridized carbons (Fsp3) is 0.500. The van der Waals surface area contributed by atoms with Gasteiger partial charge in [0.05, 0.1) is 7.11 Å². The fourth-order valence-corrected chi connectivity index (χ4v) is 2.05. The summed E-state index contributed by atoms with van der Waals surface area (Å²) >= 11 is 0. The predicted octanol–water partition coefficient (Wildman–Crippen LogP) is 2.96. The van der Waals surface area contributed by atoms with E-state index in [0.717, 1.165) is 24.1 Å². The smallest absolute Gasteiger partial charge is 0.328 e. The van der Waals surface area contributed by atoms with Crippen molar-refractivity contribution in [3.05, 3.63) is 29.8 Å². The van der Waals surface area contributed by atoms with E-state index in [1.165, 1.54) is 7.11 Å². The third-order valence-corrected chi connectivity index (χ3v) is 3.60. The van der Waals surface area contributed by atoms with E-state index in [0.29, 0.717) is 0 Å². The summed E-state index contributed by atoms with van der Waals surface area (Å²) in [7, 11) is 1.32. The highest BCUT2D eigenvalue weighted by Gasteiger charge is 2.26. The molecule has 1 aromatic carbocycles. The minimum Gasteiger partial charge on any atom is -0.467 e. The molecule has 0 heterocycles. The van der Waals surface area contributed by atoms with Gasteiger partial charge < -0.3 is 15.4 Å². The standard InChI is InChI=1S/C16H24N2O3/c1-5-11(3)14(15(19)21-4)18-16(20)17-13-10-8-7-9-12(13)6-2/h7-11,14H,5-6H2,1-4H3,(H2,17,18,20)/t11-,14+/m1/s1. The van der Waals surface area contributed by atoms with E-state index in [1.807, 2.05) is 45.0 Å². The monoisotopic (exact) mass is 292 g/mol. The second kappa shape index (κ2) is 8.29. The number of benzene rings is 1. The normalized spacial score (nSPS) is 13.1. The number of para-hydroxylation sites is 1. The van der Waals surface area contributed by atoms with Gasteiger partial charge in [-0.05, 0) is 24.0 Å². The molecule has 5 heteroatoms. The number of nitrogens with one attached hydrogen (secondary N) is 2. The number of amides is 2. The van der Waals surface area contributed by atoms with E-state index in [2.05, 4.69) is 10.6 Å². The first kappa shape index (κ1) is 17.0. The maximum atomic E-state index is 12.1. The van der Waals surface area contributed by atoms with Crippen molar-refractivity contribution in [2.45, 2.75) is 39.7 Å². The maximum Gasteiger partial charge on any atom is 0.328 e. The van der Waals surface area contributed by atoms with Crippen molar-refractivity contribution in [3.8, 4) is 0 Å². The van der Waals surface area contributed by atoms with E-state index < -0.39 is 18.0 Å². The Hall–Kier alpha value is -2.04. The van der Waals surface area contributed by atoms with Crippen LogP contribution in [-0.4, -0.2) is 25.2 Å². The molecule has 0 aliphatic rings. The molecular weight excluding hydrogens is 268 g/mol. The largest absolute Gasteiger partial charge is 0.467 e. The molecule has 0 aliphatic carbocycles. The zero-order valence-electron chi connectivity index (χ0n) is 13.1. The Labute approximate surface area is 126 Å². The number of carbonyl (C=O) groups is 2. The van der Waals surface area contributed by atoms with E-state index >= 15 is 0 Å². The van der Waals surface area contributed by atoms with Crippen LogP contribution in [0.5, 0.6) is 0 Å². The van der Waals surface area contributed by atoms with Gasteiger partial charge in [0, 0.05) is 5.69 Å². The van der Waals surface area contributed by atoms with E-state index in [4.69, 9.17) is 4.74 Å². The highest BCUT2D eigenvalue weighted by molar-refractivity contribution is 5.93. The third-order valence-electron chi connectivity index (χ3n) is 3.60. The van der Waals surface area contributed by atoms with Crippen LogP contribution < -0.4 is 10.6 Å². The first-order chi connectivity index (χ1) is 10.0. The van der Waals surface area contributed by atoms with Crippen LogP contribution in [0.2, 0.25) is 0 Å². The number of urea groups is 1. The Morgan fingerprint density at radius 2 is 1.90 bits per heavy atom. The first-order valence-electron chi connectivity index (χ1n) is 7.26. The summed E-state index contributed by atoms with van der Waals surface area (Å²) in [5.74, 6) is -0.423. The molecule has 0 saturated heterocycles. The fourth-order valence-electron chi connectivity index (χ4n) is 2.05. The summed E-state index contributed by atoms with van der Waals surface area (Å²) in [4.78, 5) is 23.9. The summed E-state index contributed by atoms with van der Waals surface area (Å²) in [6, 6.07) is 6.55. The number of hydrogen-bond acceptors (Lipinski definition) is 3. The van der Waals surface area contributed by atoms with Gasteiger partial charge in [-0.2, -0.15) is 0 Å². The summed E-state index contributed by atoms with van der Waals surface area (Å²) < 4.78 is 4.75. The molecule has 0 spiro atoms. The molecule has 0 saturated carbocycles. The molecule has 2 amide bonds. The number of hydrogen-bond donors (Lipinski definition) is 2. The first-order valence-corrected chi connectivity index (χ1v) is 7.26. The van der Waals surface area contributed by atoms with Crippen molar-refractivity contribution >= 4 is 17.7 Å². The molecule has 0 bridgehead atoms. The molecule has 1 aromatic rings. The minimum atomic E-state index is -0.645. The SMILES string of the molecule is CCc1ccccc1NC(=O)N[C@H](C(=O)OC)[C@H](C)CC. The van der Waals surface area contributed by atoms with Crippen molar-refractivity contribution in [2.24, 2.45) is 5.92 Å². The van der Waals surface area contributed by atoms with Gasteiger partial charge in [0.1, 0.15) is 6.04 Å². The van der Waals surface area contributed by atoms with Gasteiger partial charge in [0.25, 0.3) is 0 Å². The molecule has 0 aromatic heterocycles. The summed E-state index contributed by atoms with van der Waals surface area (Å²) in [6.07, 6.45) is 1.59. The number of esters is 1. The van der Waals surface area contributed by atoms with Crippen LogP contribution in [0.25, 0.3) is 0 Å². The van der Waals surface area contributed by atoms with E-state index in [1.54, 1.807) is 0 Å². The topological polar surface area (TPSA) is 67.4 Å². The Morgan fingerprint density at radius 3 is 2.48 bits per heavy atom. The Kier molecular flexibility index (Phi) is 6.72. The van der Waals surface area contributed by atoms with Crippen LogP contribution in [0.15, 0.2) is 24.3 Å². The van der Waals surface area contributed by atoms with Crippen LogP contribution in [0.1, 0.15) is 32.8 Å². The van der Waals surface area contributed by atoms with Crippen LogP contribution in [0, 0.1) is 5.92 Å². The highest BCUT2D eigenvalue weighted by atomic mass is 16.5. The molecular formula is C16H24N2O3. The van der Waals surface area contributed by atoms with Crippen LogP contribution in [0.4, 0.5) is 10.5 Å². The Morgan fingerprint density at radius 1 is 1.24 bits per heavy atom. The summed E-state index contributed by atoms with van der Waals surface area (Å²) in [5.41, 5.74) is 1.80. The highest BCUT2D eigenvalue weighted by Crippen LogP contribution is 2.16. The Balaban J connectivity index is 2.76.